The highest BCUT2D eigenvalue weighted by Gasteiger charge is 2.11. The third-order valence-electron chi connectivity index (χ3n) is 2.19. The molecule has 0 unspecified atom stereocenters. The lowest BCUT2D eigenvalue weighted by Gasteiger charge is -2.09. The maximum absolute atomic E-state index is 11.5. The molecular formula is C12H16ClN3O3. The van der Waals surface area contributed by atoms with Gasteiger partial charge in [-0.3, -0.25) is 4.79 Å². The zero-order valence-electron chi connectivity index (χ0n) is 10.7. The molecule has 0 bridgehead atoms. The highest BCUT2D eigenvalue weighted by molar-refractivity contribution is 6.33. The predicted molar refractivity (Wildman–Crippen MR) is 72.5 cm³/mol. The van der Waals surface area contributed by atoms with Gasteiger partial charge in [-0.25, -0.2) is 9.78 Å². The third-order valence-corrected chi connectivity index (χ3v) is 2.49. The molecule has 1 amide bonds. The van der Waals surface area contributed by atoms with Crippen molar-refractivity contribution in [2.45, 2.75) is 13.8 Å². The van der Waals surface area contributed by atoms with Gasteiger partial charge < -0.3 is 15.7 Å². The lowest BCUT2D eigenvalue weighted by Crippen LogP contribution is -2.32. The summed E-state index contributed by atoms with van der Waals surface area (Å²) in [4.78, 5) is 26.1. The molecule has 0 saturated heterocycles. The van der Waals surface area contributed by atoms with Crippen LogP contribution in [0.2, 0.25) is 5.02 Å². The number of hydrogen-bond acceptors (Lipinski definition) is 4. The molecule has 0 aliphatic rings. The molecule has 7 heteroatoms. The summed E-state index contributed by atoms with van der Waals surface area (Å²) in [6.07, 6.45) is 0. The van der Waals surface area contributed by atoms with Crippen molar-refractivity contribution in [3.8, 4) is 0 Å². The number of anilines is 1. The van der Waals surface area contributed by atoms with Crippen LogP contribution in [0.25, 0.3) is 0 Å². The fourth-order valence-electron chi connectivity index (χ4n) is 1.24. The number of carbonyl (C=O) groups excluding carboxylic acids is 1. The van der Waals surface area contributed by atoms with Gasteiger partial charge in [-0.2, -0.15) is 0 Å². The largest absolute Gasteiger partial charge is 0.476 e. The molecule has 6 nitrogen and oxygen atoms in total. The zero-order valence-corrected chi connectivity index (χ0v) is 11.5. The Morgan fingerprint density at radius 3 is 2.68 bits per heavy atom. The number of amides is 1. The number of carboxylic acids is 1. The first kappa shape index (κ1) is 15.2. The standard InChI is InChI=1S/C12H16ClN3O3/c1-7(2)5-15-10(17)6-14-9-4-3-8(13)11(16-9)12(18)19/h3-4,7H,5-6H2,1-2H3,(H,14,16)(H,15,17)(H,18,19). The Balaban J connectivity index is 2.56. The van der Waals surface area contributed by atoms with Gasteiger partial charge in [0.05, 0.1) is 11.6 Å². The van der Waals surface area contributed by atoms with Crippen molar-refractivity contribution in [2.24, 2.45) is 5.92 Å². The van der Waals surface area contributed by atoms with Gasteiger partial charge in [0, 0.05) is 6.54 Å². The summed E-state index contributed by atoms with van der Waals surface area (Å²) in [5.41, 5.74) is -0.241. The summed E-state index contributed by atoms with van der Waals surface area (Å²) < 4.78 is 0. The van der Waals surface area contributed by atoms with Gasteiger partial charge in [-0.15, -0.1) is 0 Å². The minimum atomic E-state index is -1.21. The van der Waals surface area contributed by atoms with Crippen molar-refractivity contribution < 1.29 is 14.7 Å². The number of pyridine rings is 1. The van der Waals surface area contributed by atoms with Crippen LogP contribution >= 0.6 is 11.6 Å². The minimum Gasteiger partial charge on any atom is -0.476 e. The maximum atomic E-state index is 11.5. The number of carboxylic acid groups (broad SMARTS) is 1. The van der Waals surface area contributed by atoms with Crippen molar-refractivity contribution in [1.29, 1.82) is 0 Å². The molecule has 104 valence electrons. The second-order valence-corrected chi connectivity index (χ2v) is 4.79. The van der Waals surface area contributed by atoms with Gasteiger partial charge in [-0.05, 0) is 18.1 Å². The molecular weight excluding hydrogens is 270 g/mol. The smallest absolute Gasteiger partial charge is 0.356 e. The van der Waals surface area contributed by atoms with Crippen molar-refractivity contribution in [2.75, 3.05) is 18.4 Å². The van der Waals surface area contributed by atoms with Crippen LogP contribution in [0.4, 0.5) is 5.82 Å². The second kappa shape index (κ2) is 6.94. The highest BCUT2D eigenvalue weighted by Crippen LogP contribution is 2.16. The average molecular weight is 286 g/mol. The Hall–Kier alpha value is -1.82. The van der Waals surface area contributed by atoms with Crippen LogP contribution in [0.3, 0.4) is 0 Å². The van der Waals surface area contributed by atoms with Gasteiger partial charge >= 0.3 is 5.97 Å². The molecule has 0 atom stereocenters. The predicted octanol–water partition coefficient (Wildman–Crippen LogP) is 1.62. The summed E-state index contributed by atoms with van der Waals surface area (Å²) in [6, 6.07) is 2.94. The minimum absolute atomic E-state index is 0.0282. The van der Waals surface area contributed by atoms with Crippen LogP contribution in [0.5, 0.6) is 0 Å². The van der Waals surface area contributed by atoms with Crippen LogP contribution in [0.15, 0.2) is 12.1 Å². The molecule has 19 heavy (non-hydrogen) atoms. The van der Waals surface area contributed by atoms with E-state index in [1.807, 2.05) is 13.8 Å². The molecule has 0 aliphatic heterocycles. The molecule has 0 aliphatic carbocycles. The van der Waals surface area contributed by atoms with Crippen molar-refractivity contribution >= 4 is 29.3 Å². The topological polar surface area (TPSA) is 91.3 Å². The van der Waals surface area contributed by atoms with E-state index in [1.54, 1.807) is 0 Å². The lowest BCUT2D eigenvalue weighted by atomic mass is 10.2. The number of hydrogen-bond donors (Lipinski definition) is 3. The van der Waals surface area contributed by atoms with E-state index in [9.17, 15) is 9.59 Å². The number of aromatic nitrogens is 1. The second-order valence-electron chi connectivity index (χ2n) is 4.38. The van der Waals surface area contributed by atoms with E-state index in [0.717, 1.165) is 0 Å². The molecule has 1 aromatic rings. The molecule has 0 spiro atoms. The Kier molecular flexibility index (Phi) is 5.57. The first-order valence-electron chi connectivity index (χ1n) is 5.80. The Morgan fingerprint density at radius 2 is 2.11 bits per heavy atom. The summed E-state index contributed by atoms with van der Waals surface area (Å²) in [6.45, 7) is 4.61. The number of carbonyl (C=O) groups is 2. The van der Waals surface area contributed by atoms with Gasteiger partial charge in [0.25, 0.3) is 0 Å². The maximum Gasteiger partial charge on any atom is 0.356 e. The van der Waals surface area contributed by atoms with Gasteiger partial charge in [-0.1, -0.05) is 25.4 Å². The first-order valence-corrected chi connectivity index (χ1v) is 6.18. The van der Waals surface area contributed by atoms with E-state index >= 15 is 0 Å². The van der Waals surface area contributed by atoms with E-state index in [1.165, 1.54) is 12.1 Å². The van der Waals surface area contributed by atoms with E-state index in [0.29, 0.717) is 18.3 Å². The van der Waals surface area contributed by atoms with Crippen molar-refractivity contribution in [3.63, 3.8) is 0 Å². The SMILES string of the molecule is CC(C)CNC(=O)CNc1ccc(Cl)c(C(=O)O)n1. The Bertz CT molecular complexity index is 477. The van der Waals surface area contributed by atoms with Crippen LogP contribution < -0.4 is 10.6 Å². The third kappa shape index (κ3) is 5.13. The molecule has 0 aromatic carbocycles. The van der Waals surface area contributed by atoms with Crippen LogP contribution in [-0.2, 0) is 4.79 Å². The number of halogens is 1. The van der Waals surface area contributed by atoms with Gasteiger partial charge in [0.2, 0.25) is 5.91 Å². The number of nitrogens with one attached hydrogen (secondary N) is 2. The van der Waals surface area contributed by atoms with Crippen LogP contribution in [-0.4, -0.2) is 35.1 Å². The molecule has 1 heterocycles. The quantitative estimate of drug-likeness (QED) is 0.739. The molecule has 1 aromatic heterocycles. The summed E-state index contributed by atoms with van der Waals surface area (Å²) in [5.74, 6) is -0.724. The number of aromatic carboxylic acids is 1. The highest BCUT2D eigenvalue weighted by atomic mass is 35.5. The summed E-state index contributed by atoms with van der Waals surface area (Å²) in [5, 5.41) is 14.4. The number of rotatable bonds is 6. The fraction of sp³-hybridized carbons (Fsp3) is 0.417. The molecule has 0 fully saturated rings. The molecule has 1 rings (SSSR count). The van der Waals surface area contributed by atoms with E-state index in [-0.39, 0.29) is 23.2 Å². The first-order chi connectivity index (χ1) is 8.90. The summed E-state index contributed by atoms with van der Waals surface area (Å²) in [7, 11) is 0. The summed E-state index contributed by atoms with van der Waals surface area (Å²) >= 11 is 5.69. The zero-order chi connectivity index (χ0) is 14.4. The normalized spacial score (nSPS) is 10.3. The van der Waals surface area contributed by atoms with Crippen molar-refractivity contribution in [3.05, 3.63) is 22.8 Å². The van der Waals surface area contributed by atoms with E-state index < -0.39 is 5.97 Å². The lowest BCUT2D eigenvalue weighted by molar-refractivity contribution is -0.119. The molecule has 0 radical (unpaired) electrons. The van der Waals surface area contributed by atoms with E-state index in [4.69, 9.17) is 16.7 Å². The average Bonchev–Trinajstić information content (AvgIpc) is 2.35. The van der Waals surface area contributed by atoms with E-state index in [2.05, 4.69) is 15.6 Å². The van der Waals surface area contributed by atoms with Gasteiger partial charge in [0.15, 0.2) is 5.69 Å². The van der Waals surface area contributed by atoms with Crippen LogP contribution in [0.1, 0.15) is 24.3 Å². The van der Waals surface area contributed by atoms with Crippen LogP contribution in [0, 0.1) is 5.92 Å². The number of nitrogens with zero attached hydrogens (tertiary/aromatic N) is 1. The Labute approximate surface area is 116 Å². The Morgan fingerprint density at radius 1 is 1.42 bits per heavy atom. The monoisotopic (exact) mass is 285 g/mol. The molecule has 0 saturated carbocycles. The molecule has 3 N–H and O–H groups in total. The van der Waals surface area contributed by atoms with Gasteiger partial charge in [0.1, 0.15) is 5.82 Å². The van der Waals surface area contributed by atoms with Crippen molar-refractivity contribution in [1.82, 2.24) is 10.3 Å². The fourth-order valence-corrected chi connectivity index (χ4v) is 1.43.